The van der Waals surface area contributed by atoms with Crippen molar-refractivity contribution >= 4 is 6.71 Å². The second kappa shape index (κ2) is 1.73. The van der Waals surface area contributed by atoms with E-state index in [1.807, 2.05) is 0 Å². The van der Waals surface area contributed by atoms with Gasteiger partial charge in [0, 0.05) is 0 Å². The molecule has 1 heterocycles. The topological polar surface area (TPSA) is 0 Å². The standard InChI is InChI=1S/C6H11B/c1-6-4-3-5-7(6)2/h3,5-6H,4H2,1-2H3. The SMILES string of the molecule is CB1C=CCC1C. The van der Waals surface area contributed by atoms with Gasteiger partial charge in [-0.15, -0.1) is 5.98 Å². The first kappa shape index (κ1) is 4.95. The van der Waals surface area contributed by atoms with E-state index < -0.39 is 0 Å². The van der Waals surface area contributed by atoms with E-state index in [0.29, 0.717) is 0 Å². The van der Waals surface area contributed by atoms with Crippen LogP contribution < -0.4 is 0 Å². The van der Waals surface area contributed by atoms with Gasteiger partial charge in [-0.3, -0.25) is 0 Å². The van der Waals surface area contributed by atoms with Crippen molar-refractivity contribution in [2.75, 3.05) is 0 Å². The van der Waals surface area contributed by atoms with Gasteiger partial charge in [0.1, 0.15) is 0 Å². The Morgan fingerprint density at radius 1 is 1.71 bits per heavy atom. The maximum absolute atomic E-state index is 2.30. The van der Waals surface area contributed by atoms with Gasteiger partial charge >= 0.3 is 0 Å². The number of hydrogen-bond donors (Lipinski definition) is 0. The van der Waals surface area contributed by atoms with E-state index >= 15 is 0 Å². The molecule has 0 radical (unpaired) electrons. The van der Waals surface area contributed by atoms with Crippen LogP contribution in [0.15, 0.2) is 12.1 Å². The molecule has 0 aromatic carbocycles. The van der Waals surface area contributed by atoms with Crippen LogP contribution in [0.5, 0.6) is 0 Å². The van der Waals surface area contributed by atoms with E-state index in [2.05, 4.69) is 25.8 Å². The molecule has 7 heavy (non-hydrogen) atoms. The van der Waals surface area contributed by atoms with E-state index in [4.69, 9.17) is 0 Å². The Bertz CT molecular complexity index is 86.2. The maximum atomic E-state index is 2.30. The van der Waals surface area contributed by atoms with E-state index in [-0.39, 0.29) is 0 Å². The zero-order valence-electron chi connectivity index (χ0n) is 5.02. The molecule has 0 amide bonds. The number of hydrogen-bond acceptors (Lipinski definition) is 0. The summed E-state index contributed by atoms with van der Waals surface area (Å²) in [5.74, 6) is 3.20. The van der Waals surface area contributed by atoms with Gasteiger partial charge in [-0.25, -0.2) is 0 Å². The molecule has 0 aromatic heterocycles. The smallest absolute Gasteiger partial charge is 0.119 e. The van der Waals surface area contributed by atoms with Crippen molar-refractivity contribution in [1.29, 1.82) is 0 Å². The van der Waals surface area contributed by atoms with Crippen molar-refractivity contribution in [1.82, 2.24) is 0 Å². The second-order valence-corrected chi connectivity index (χ2v) is 2.50. The molecule has 1 aliphatic heterocycles. The van der Waals surface area contributed by atoms with Crippen LogP contribution in [0.1, 0.15) is 13.3 Å². The molecular weight excluding hydrogens is 82.9 g/mol. The normalized spacial score (nSPS) is 29.4. The van der Waals surface area contributed by atoms with Crippen LogP contribution in [-0.4, -0.2) is 6.71 Å². The Balaban J connectivity index is 2.45. The largest absolute Gasteiger partial charge is 0.166 e. The molecule has 0 bridgehead atoms. The zero-order valence-corrected chi connectivity index (χ0v) is 5.02. The number of allylic oxidation sites excluding steroid dienone is 1. The van der Waals surface area contributed by atoms with Gasteiger partial charge in [0.2, 0.25) is 0 Å². The average molecular weight is 94.0 g/mol. The predicted molar refractivity (Wildman–Crippen MR) is 34.8 cm³/mol. The number of rotatable bonds is 0. The molecule has 0 nitrogen and oxygen atoms in total. The van der Waals surface area contributed by atoms with Crippen LogP contribution in [-0.2, 0) is 0 Å². The summed E-state index contributed by atoms with van der Waals surface area (Å²) in [7, 11) is 0. The molecule has 0 aromatic rings. The lowest BCUT2D eigenvalue weighted by Crippen LogP contribution is -2.03. The van der Waals surface area contributed by atoms with Crippen LogP contribution in [0.2, 0.25) is 12.6 Å². The maximum Gasteiger partial charge on any atom is 0.166 e. The van der Waals surface area contributed by atoms with Crippen LogP contribution in [0.4, 0.5) is 0 Å². The Morgan fingerprint density at radius 3 is 2.57 bits per heavy atom. The summed E-state index contributed by atoms with van der Waals surface area (Å²) in [6.45, 7) is 5.40. The van der Waals surface area contributed by atoms with Gasteiger partial charge in [0.15, 0.2) is 6.71 Å². The van der Waals surface area contributed by atoms with Crippen molar-refractivity contribution < 1.29 is 0 Å². The first-order valence-corrected chi connectivity index (χ1v) is 2.97. The summed E-state index contributed by atoms with van der Waals surface area (Å²) in [5, 5.41) is 0. The summed E-state index contributed by atoms with van der Waals surface area (Å²) in [6.07, 6.45) is 3.57. The van der Waals surface area contributed by atoms with Crippen LogP contribution in [0.3, 0.4) is 0 Å². The summed E-state index contributed by atoms with van der Waals surface area (Å²) in [5.41, 5.74) is 0. The highest BCUT2D eigenvalue weighted by Crippen LogP contribution is 2.21. The fourth-order valence-corrected chi connectivity index (χ4v) is 0.912. The first-order valence-electron chi connectivity index (χ1n) is 2.97. The molecule has 0 saturated carbocycles. The van der Waals surface area contributed by atoms with Crippen LogP contribution in [0, 0.1) is 0 Å². The monoisotopic (exact) mass is 94.1 g/mol. The molecule has 0 N–H and O–H groups in total. The second-order valence-electron chi connectivity index (χ2n) is 2.50. The summed E-state index contributed by atoms with van der Waals surface area (Å²) in [6, 6.07) is 0. The molecule has 1 atom stereocenters. The highest BCUT2D eigenvalue weighted by atomic mass is 14.0. The van der Waals surface area contributed by atoms with Gasteiger partial charge in [-0.2, -0.15) is 0 Å². The third-order valence-electron chi connectivity index (χ3n) is 1.85. The Hall–Kier alpha value is -0.195. The highest BCUT2D eigenvalue weighted by Gasteiger charge is 2.15. The molecule has 0 aliphatic carbocycles. The quantitative estimate of drug-likeness (QED) is 0.402. The lowest BCUT2D eigenvalue weighted by molar-refractivity contribution is 0.952. The fourth-order valence-electron chi connectivity index (χ4n) is 0.912. The van der Waals surface area contributed by atoms with Crippen LogP contribution >= 0.6 is 0 Å². The minimum atomic E-state index is 0.833. The highest BCUT2D eigenvalue weighted by molar-refractivity contribution is 6.65. The van der Waals surface area contributed by atoms with E-state index in [1.54, 1.807) is 0 Å². The molecule has 1 heteroatoms. The minimum absolute atomic E-state index is 0.833. The van der Waals surface area contributed by atoms with E-state index in [1.165, 1.54) is 6.42 Å². The molecule has 0 spiro atoms. The van der Waals surface area contributed by atoms with Crippen molar-refractivity contribution in [2.24, 2.45) is 0 Å². The molecule has 0 saturated heterocycles. The van der Waals surface area contributed by atoms with Gasteiger partial charge < -0.3 is 0 Å². The molecular formula is C6H11B. The average Bonchev–Trinajstić information content (AvgIpc) is 1.91. The van der Waals surface area contributed by atoms with E-state index in [9.17, 15) is 0 Å². The summed E-state index contributed by atoms with van der Waals surface area (Å²) in [4.78, 5) is 0. The lowest BCUT2D eigenvalue weighted by Gasteiger charge is -2.00. The minimum Gasteiger partial charge on any atom is -0.119 e. The lowest BCUT2D eigenvalue weighted by atomic mass is 9.46. The fraction of sp³-hybridized carbons (Fsp3) is 0.667. The van der Waals surface area contributed by atoms with Crippen molar-refractivity contribution in [2.45, 2.75) is 26.0 Å². The first-order chi connectivity index (χ1) is 3.30. The Kier molecular flexibility index (Phi) is 1.22. The van der Waals surface area contributed by atoms with Crippen molar-refractivity contribution in [3.8, 4) is 0 Å². The Labute approximate surface area is 45.7 Å². The molecule has 38 valence electrons. The third kappa shape index (κ3) is 0.874. The molecule has 0 fully saturated rings. The Morgan fingerprint density at radius 2 is 2.43 bits per heavy atom. The van der Waals surface area contributed by atoms with Gasteiger partial charge in [0.05, 0.1) is 0 Å². The van der Waals surface area contributed by atoms with Gasteiger partial charge in [-0.05, 0) is 6.42 Å². The predicted octanol–water partition coefficient (Wildman–Crippen LogP) is 2.00. The van der Waals surface area contributed by atoms with Crippen molar-refractivity contribution in [3.05, 3.63) is 12.1 Å². The van der Waals surface area contributed by atoms with Crippen molar-refractivity contribution in [3.63, 3.8) is 0 Å². The third-order valence-corrected chi connectivity index (χ3v) is 1.85. The van der Waals surface area contributed by atoms with E-state index in [0.717, 1.165) is 12.5 Å². The molecule has 1 unspecified atom stereocenters. The molecule has 1 rings (SSSR count). The summed E-state index contributed by atoms with van der Waals surface area (Å²) < 4.78 is 0. The molecule has 1 aliphatic rings. The van der Waals surface area contributed by atoms with Crippen LogP contribution in [0.25, 0.3) is 0 Å². The van der Waals surface area contributed by atoms with Gasteiger partial charge in [-0.1, -0.05) is 25.6 Å². The zero-order chi connectivity index (χ0) is 5.28. The van der Waals surface area contributed by atoms with Gasteiger partial charge in [0.25, 0.3) is 0 Å². The summed E-state index contributed by atoms with van der Waals surface area (Å²) >= 11 is 0.